The van der Waals surface area contributed by atoms with Crippen molar-refractivity contribution < 1.29 is 110 Å². The molecule has 22 nitrogen and oxygen atoms in total. The first-order valence-corrected chi connectivity index (χ1v) is 13.7. The van der Waals surface area contributed by atoms with E-state index in [2.05, 4.69) is 0 Å². The summed E-state index contributed by atoms with van der Waals surface area (Å²) in [6, 6.07) is 0. The van der Waals surface area contributed by atoms with Crippen LogP contribution in [0, 0.1) is 0 Å². The molecule has 2 saturated heterocycles. The Labute approximate surface area is 260 Å². The van der Waals surface area contributed by atoms with E-state index in [4.69, 9.17) is 39.4 Å². The molecule has 0 bridgehead atoms. The van der Waals surface area contributed by atoms with Gasteiger partial charge in [0.05, 0.1) is 26.4 Å². The van der Waals surface area contributed by atoms with E-state index < -0.39 is 143 Å². The number of aldehydes is 1. The molecule has 0 aliphatic carbocycles. The molecule has 0 amide bonds. The molecule has 0 saturated carbocycles. The van der Waals surface area contributed by atoms with Crippen LogP contribution in [0.1, 0.15) is 0 Å². The van der Waals surface area contributed by atoms with Gasteiger partial charge in [0.1, 0.15) is 98.2 Å². The Morgan fingerprint density at radius 1 is 0.609 bits per heavy atom. The SMILES string of the molecule is O=C(CO)[C@@H](O)[C@H](O)[C@H](O)CO[C@H]1O[C@H](CO)[C@@H](O)[C@H](O)[C@H]1O.O=C[C@H](O)[C@@H](O)[C@H](O)[C@H](O)CO[C@H]1O[C@H](CO)[C@@H](O)[C@H](O)[C@H]1O. The van der Waals surface area contributed by atoms with Crippen molar-refractivity contribution in [3.05, 3.63) is 0 Å². The van der Waals surface area contributed by atoms with Crippen LogP contribution in [-0.4, -0.2) is 231 Å². The Hall–Kier alpha value is -1.46. The lowest BCUT2D eigenvalue weighted by molar-refractivity contribution is -0.306. The molecule has 2 aliphatic rings. The van der Waals surface area contributed by atoms with Crippen LogP contribution < -0.4 is 0 Å². The lowest BCUT2D eigenvalue weighted by Crippen LogP contribution is -2.59. The number of aliphatic hydroxyl groups excluding tert-OH is 16. The fraction of sp³-hybridized carbons (Fsp3) is 0.917. The number of hydrogen-bond acceptors (Lipinski definition) is 22. The summed E-state index contributed by atoms with van der Waals surface area (Å²) in [6.45, 7) is -3.77. The van der Waals surface area contributed by atoms with Gasteiger partial charge in [-0.3, -0.25) is 4.79 Å². The van der Waals surface area contributed by atoms with Gasteiger partial charge in [0.25, 0.3) is 0 Å². The lowest BCUT2D eigenvalue weighted by atomic mass is 9.99. The van der Waals surface area contributed by atoms with Crippen LogP contribution in [0.5, 0.6) is 0 Å². The second-order valence-corrected chi connectivity index (χ2v) is 10.4. The van der Waals surface area contributed by atoms with E-state index in [1.807, 2.05) is 0 Å². The van der Waals surface area contributed by atoms with Crippen LogP contribution >= 0.6 is 0 Å². The predicted molar refractivity (Wildman–Crippen MR) is 140 cm³/mol. The summed E-state index contributed by atoms with van der Waals surface area (Å²) < 4.78 is 19.9. The third kappa shape index (κ3) is 11.3. The Morgan fingerprint density at radius 3 is 1.35 bits per heavy atom. The Balaban J connectivity index is 0.000000460. The van der Waals surface area contributed by atoms with Gasteiger partial charge in [-0.05, 0) is 0 Å². The summed E-state index contributed by atoms with van der Waals surface area (Å²) in [5.41, 5.74) is 0. The van der Waals surface area contributed by atoms with E-state index in [1.165, 1.54) is 0 Å². The van der Waals surface area contributed by atoms with Gasteiger partial charge in [0, 0.05) is 0 Å². The Kier molecular flexibility index (Phi) is 18.6. The van der Waals surface area contributed by atoms with Gasteiger partial charge in [-0.25, -0.2) is 0 Å². The van der Waals surface area contributed by atoms with Crippen molar-refractivity contribution in [2.45, 2.75) is 104 Å². The van der Waals surface area contributed by atoms with Gasteiger partial charge >= 0.3 is 0 Å². The maximum absolute atomic E-state index is 11.0. The Morgan fingerprint density at radius 2 is 1.00 bits per heavy atom. The molecule has 0 aromatic rings. The zero-order valence-electron chi connectivity index (χ0n) is 24.0. The standard InChI is InChI=1S/2C12H22O11/c2*13-1-4(15)7(17)8(18)5(16)3-22-12-11(21)10(20)9(19)6(2-14)23-12/h5-14,16-21H,1-3H2;1,4-12,14-21H,2-3H2/t5-,6-,7-,8-,9-,10+,11-,12+;4-,5+,6+,7+,8+,9+,10-,11+,12-/m10/s1. The van der Waals surface area contributed by atoms with Crippen LogP contribution in [0.25, 0.3) is 0 Å². The Bertz CT molecular complexity index is 879. The quantitative estimate of drug-likeness (QED) is 0.0671. The van der Waals surface area contributed by atoms with Crippen LogP contribution in [-0.2, 0) is 28.5 Å². The molecule has 0 radical (unpaired) electrons. The summed E-state index contributed by atoms with van der Waals surface area (Å²) >= 11 is 0. The fourth-order valence-corrected chi connectivity index (χ4v) is 4.00. The summed E-state index contributed by atoms with van der Waals surface area (Å²) in [6.07, 6.45) is -28.7. The van der Waals surface area contributed by atoms with Crippen molar-refractivity contribution >= 4 is 12.1 Å². The topological polar surface area (TPSA) is 395 Å². The lowest BCUT2D eigenvalue weighted by Gasteiger charge is -2.40. The molecule has 2 fully saturated rings. The number of ether oxygens (including phenoxy) is 4. The van der Waals surface area contributed by atoms with Crippen LogP contribution in [0.15, 0.2) is 0 Å². The molecule has 2 heterocycles. The van der Waals surface area contributed by atoms with Crippen molar-refractivity contribution in [3.63, 3.8) is 0 Å². The first-order chi connectivity index (χ1) is 21.5. The molecule has 2 aliphatic heterocycles. The van der Waals surface area contributed by atoms with Crippen LogP contribution in [0.3, 0.4) is 0 Å². The molecule has 2 rings (SSSR count). The number of aliphatic hydroxyl groups is 16. The molecule has 272 valence electrons. The molecular weight excluding hydrogens is 640 g/mol. The van der Waals surface area contributed by atoms with Gasteiger partial charge in [-0.1, -0.05) is 0 Å². The zero-order chi connectivity index (χ0) is 35.5. The molecule has 0 spiro atoms. The van der Waals surface area contributed by atoms with Crippen molar-refractivity contribution in [3.8, 4) is 0 Å². The average molecular weight is 685 g/mol. The van der Waals surface area contributed by atoms with Crippen LogP contribution in [0.2, 0.25) is 0 Å². The average Bonchev–Trinajstić information content (AvgIpc) is 3.06. The highest BCUT2D eigenvalue weighted by atomic mass is 16.7. The first kappa shape index (κ1) is 42.6. The normalized spacial score (nSPS) is 36.3. The van der Waals surface area contributed by atoms with E-state index in [-0.39, 0.29) is 6.29 Å². The van der Waals surface area contributed by atoms with Gasteiger partial charge in [0.2, 0.25) is 0 Å². The van der Waals surface area contributed by atoms with Crippen LogP contribution in [0.4, 0.5) is 0 Å². The minimum Gasteiger partial charge on any atom is -0.394 e. The van der Waals surface area contributed by atoms with E-state index in [0.29, 0.717) is 0 Å². The summed E-state index contributed by atoms with van der Waals surface area (Å²) in [5.74, 6) is -1.11. The van der Waals surface area contributed by atoms with Gasteiger partial charge in [0.15, 0.2) is 24.6 Å². The first-order valence-electron chi connectivity index (χ1n) is 13.7. The number of carbonyl (C=O) groups is 2. The number of hydrogen-bond donors (Lipinski definition) is 16. The predicted octanol–water partition coefficient (Wildman–Crippen LogP) is -11.1. The zero-order valence-corrected chi connectivity index (χ0v) is 24.0. The molecule has 17 atom stereocenters. The number of carbonyl (C=O) groups excluding carboxylic acids is 2. The highest BCUT2D eigenvalue weighted by Crippen LogP contribution is 2.23. The van der Waals surface area contributed by atoms with Crippen molar-refractivity contribution in [1.82, 2.24) is 0 Å². The number of ketones is 1. The van der Waals surface area contributed by atoms with Crippen molar-refractivity contribution in [1.29, 1.82) is 0 Å². The highest BCUT2D eigenvalue weighted by molar-refractivity contribution is 5.84. The van der Waals surface area contributed by atoms with E-state index >= 15 is 0 Å². The third-order valence-electron chi connectivity index (χ3n) is 7.00. The molecule has 22 heteroatoms. The monoisotopic (exact) mass is 684 g/mol. The molecular formula is C24H44O22. The van der Waals surface area contributed by atoms with Gasteiger partial charge in [-0.2, -0.15) is 0 Å². The van der Waals surface area contributed by atoms with Crippen molar-refractivity contribution in [2.24, 2.45) is 0 Å². The molecule has 0 aromatic heterocycles. The van der Waals surface area contributed by atoms with E-state index in [9.17, 15) is 70.9 Å². The largest absolute Gasteiger partial charge is 0.394 e. The molecule has 0 aromatic carbocycles. The van der Waals surface area contributed by atoms with Crippen molar-refractivity contribution in [2.75, 3.05) is 33.0 Å². The van der Waals surface area contributed by atoms with E-state index in [0.717, 1.165) is 0 Å². The molecule has 16 N–H and O–H groups in total. The minimum atomic E-state index is -2.03. The fourth-order valence-electron chi connectivity index (χ4n) is 4.00. The summed E-state index contributed by atoms with van der Waals surface area (Å²) in [5, 5.41) is 150. The maximum atomic E-state index is 11.0. The van der Waals surface area contributed by atoms with E-state index in [1.54, 1.807) is 0 Å². The molecule has 46 heavy (non-hydrogen) atoms. The number of rotatable bonds is 16. The van der Waals surface area contributed by atoms with Gasteiger partial charge < -0.3 is 105 Å². The second kappa shape index (κ2) is 20.1. The second-order valence-electron chi connectivity index (χ2n) is 10.4. The van der Waals surface area contributed by atoms with Gasteiger partial charge in [-0.15, -0.1) is 0 Å². The molecule has 0 unspecified atom stereocenters. The minimum absolute atomic E-state index is 0.0287. The summed E-state index contributed by atoms with van der Waals surface area (Å²) in [7, 11) is 0. The smallest absolute Gasteiger partial charge is 0.189 e. The summed E-state index contributed by atoms with van der Waals surface area (Å²) in [4.78, 5) is 21.3. The number of Topliss-reactive ketones (excluding diaryl/α,β-unsaturated/α-hetero) is 1. The third-order valence-corrected chi connectivity index (χ3v) is 7.00. The maximum Gasteiger partial charge on any atom is 0.189 e. The highest BCUT2D eigenvalue weighted by Gasteiger charge is 2.46.